The SMILES string of the molecule is CN(C)c1ccc(CNC(=O)Nc2ccccc2CN2CCSCC2)cc1. The highest BCUT2D eigenvalue weighted by Crippen LogP contribution is 2.19. The molecule has 6 heteroatoms. The highest BCUT2D eigenvalue weighted by atomic mass is 32.2. The molecule has 3 rings (SSSR count). The van der Waals surface area contributed by atoms with Crippen molar-refractivity contribution in [2.45, 2.75) is 13.1 Å². The van der Waals surface area contributed by atoms with Crippen LogP contribution in [0.3, 0.4) is 0 Å². The number of urea groups is 1. The van der Waals surface area contributed by atoms with E-state index in [1.165, 1.54) is 11.5 Å². The Morgan fingerprint density at radius 2 is 1.78 bits per heavy atom. The molecule has 27 heavy (non-hydrogen) atoms. The number of rotatable bonds is 6. The van der Waals surface area contributed by atoms with Gasteiger partial charge in [-0.1, -0.05) is 30.3 Å². The van der Waals surface area contributed by atoms with Gasteiger partial charge in [0.05, 0.1) is 0 Å². The number of para-hydroxylation sites is 1. The monoisotopic (exact) mass is 384 g/mol. The number of carbonyl (C=O) groups is 1. The molecule has 0 aromatic heterocycles. The molecule has 0 unspecified atom stereocenters. The van der Waals surface area contributed by atoms with Gasteiger partial charge in [-0.25, -0.2) is 4.79 Å². The van der Waals surface area contributed by atoms with Gasteiger partial charge in [0, 0.05) is 63.2 Å². The summed E-state index contributed by atoms with van der Waals surface area (Å²) in [5.74, 6) is 2.37. The van der Waals surface area contributed by atoms with Crippen molar-refractivity contribution in [3.63, 3.8) is 0 Å². The molecule has 2 aromatic rings. The number of hydrogen-bond acceptors (Lipinski definition) is 4. The molecule has 0 spiro atoms. The molecule has 1 aliphatic heterocycles. The van der Waals surface area contributed by atoms with Crippen molar-refractivity contribution in [2.75, 3.05) is 48.9 Å². The molecular formula is C21H28N4OS. The Balaban J connectivity index is 1.54. The number of carbonyl (C=O) groups excluding carboxylic acids is 1. The maximum absolute atomic E-state index is 12.4. The summed E-state index contributed by atoms with van der Waals surface area (Å²) in [5.41, 5.74) is 4.27. The Kier molecular flexibility index (Phi) is 7.01. The van der Waals surface area contributed by atoms with Crippen LogP contribution in [0.15, 0.2) is 48.5 Å². The van der Waals surface area contributed by atoms with Crippen LogP contribution in [0.2, 0.25) is 0 Å². The lowest BCUT2D eigenvalue weighted by molar-refractivity contribution is 0.251. The lowest BCUT2D eigenvalue weighted by Crippen LogP contribution is -2.33. The van der Waals surface area contributed by atoms with E-state index in [9.17, 15) is 4.79 Å². The molecule has 0 radical (unpaired) electrons. The third-order valence-electron chi connectivity index (χ3n) is 4.67. The topological polar surface area (TPSA) is 47.6 Å². The molecule has 2 N–H and O–H groups in total. The van der Waals surface area contributed by atoms with Gasteiger partial charge >= 0.3 is 6.03 Å². The fourth-order valence-electron chi connectivity index (χ4n) is 3.04. The Bertz CT molecular complexity index is 742. The average molecular weight is 385 g/mol. The minimum Gasteiger partial charge on any atom is -0.378 e. The Morgan fingerprint density at radius 1 is 1.07 bits per heavy atom. The fourth-order valence-corrected chi connectivity index (χ4v) is 4.02. The maximum atomic E-state index is 12.4. The minimum atomic E-state index is -0.173. The molecule has 5 nitrogen and oxygen atoms in total. The summed E-state index contributed by atoms with van der Waals surface area (Å²) in [6, 6.07) is 16.1. The molecule has 2 amide bonds. The largest absolute Gasteiger partial charge is 0.378 e. The molecule has 1 saturated heterocycles. The second-order valence-electron chi connectivity index (χ2n) is 6.91. The van der Waals surface area contributed by atoms with Gasteiger partial charge in [0.1, 0.15) is 0 Å². The van der Waals surface area contributed by atoms with Gasteiger partial charge in [0.2, 0.25) is 0 Å². The van der Waals surface area contributed by atoms with Gasteiger partial charge in [0.15, 0.2) is 0 Å². The quantitative estimate of drug-likeness (QED) is 0.799. The van der Waals surface area contributed by atoms with E-state index >= 15 is 0 Å². The highest BCUT2D eigenvalue weighted by Gasteiger charge is 2.13. The number of benzene rings is 2. The van der Waals surface area contributed by atoms with Crippen molar-refractivity contribution in [1.82, 2.24) is 10.2 Å². The molecular weight excluding hydrogens is 356 g/mol. The summed E-state index contributed by atoms with van der Waals surface area (Å²) in [7, 11) is 4.03. The first-order valence-electron chi connectivity index (χ1n) is 9.31. The summed E-state index contributed by atoms with van der Waals surface area (Å²) in [6.07, 6.45) is 0. The third kappa shape index (κ3) is 5.91. The van der Waals surface area contributed by atoms with E-state index in [0.29, 0.717) is 6.54 Å². The smallest absolute Gasteiger partial charge is 0.319 e. The van der Waals surface area contributed by atoms with E-state index in [4.69, 9.17) is 0 Å². The fraction of sp³-hybridized carbons (Fsp3) is 0.381. The first-order valence-corrected chi connectivity index (χ1v) is 10.5. The predicted octanol–water partition coefficient (Wildman–Crippen LogP) is 3.62. The van der Waals surface area contributed by atoms with Crippen LogP contribution in [0.25, 0.3) is 0 Å². The van der Waals surface area contributed by atoms with Crippen LogP contribution in [0, 0.1) is 0 Å². The summed E-state index contributed by atoms with van der Waals surface area (Å²) in [5, 5.41) is 5.96. The van der Waals surface area contributed by atoms with Gasteiger partial charge in [-0.05, 0) is 29.3 Å². The van der Waals surface area contributed by atoms with Crippen LogP contribution in [-0.2, 0) is 13.1 Å². The average Bonchev–Trinajstić information content (AvgIpc) is 2.69. The number of nitrogens with zero attached hydrogens (tertiary/aromatic N) is 2. The first-order chi connectivity index (χ1) is 13.1. The lowest BCUT2D eigenvalue weighted by Gasteiger charge is -2.27. The Hall–Kier alpha value is -2.18. The van der Waals surface area contributed by atoms with Crippen molar-refractivity contribution < 1.29 is 4.79 Å². The van der Waals surface area contributed by atoms with Crippen LogP contribution < -0.4 is 15.5 Å². The molecule has 144 valence electrons. The van der Waals surface area contributed by atoms with Crippen LogP contribution in [0.4, 0.5) is 16.2 Å². The zero-order valence-corrected chi connectivity index (χ0v) is 16.9. The zero-order valence-electron chi connectivity index (χ0n) is 16.1. The van der Waals surface area contributed by atoms with Crippen molar-refractivity contribution in [1.29, 1.82) is 0 Å². The summed E-state index contributed by atoms with van der Waals surface area (Å²) in [4.78, 5) is 16.9. The molecule has 0 atom stereocenters. The number of nitrogens with one attached hydrogen (secondary N) is 2. The molecule has 0 saturated carbocycles. The number of anilines is 2. The van der Waals surface area contributed by atoms with Crippen LogP contribution >= 0.6 is 11.8 Å². The summed E-state index contributed by atoms with van der Waals surface area (Å²) < 4.78 is 0. The van der Waals surface area contributed by atoms with Crippen LogP contribution in [0.5, 0.6) is 0 Å². The van der Waals surface area contributed by atoms with E-state index in [0.717, 1.165) is 42.1 Å². The van der Waals surface area contributed by atoms with Crippen LogP contribution in [0.1, 0.15) is 11.1 Å². The van der Waals surface area contributed by atoms with Gasteiger partial charge in [-0.2, -0.15) is 11.8 Å². The van der Waals surface area contributed by atoms with Gasteiger partial charge in [-0.3, -0.25) is 4.90 Å². The number of hydrogen-bond donors (Lipinski definition) is 2. The molecule has 1 fully saturated rings. The van der Waals surface area contributed by atoms with Gasteiger partial charge in [0.25, 0.3) is 0 Å². The molecule has 1 heterocycles. The second-order valence-corrected chi connectivity index (χ2v) is 8.14. The Labute approximate surface area is 166 Å². The van der Waals surface area contributed by atoms with E-state index in [1.807, 2.05) is 56.2 Å². The first kappa shape index (κ1) is 19.6. The van der Waals surface area contributed by atoms with Crippen molar-refractivity contribution >= 4 is 29.2 Å². The molecule has 0 aliphatic carbocycles. The standard InChI is InChI=1S/C21H28N4OS/c1-24(2)19-9-7-17(8-10-19)15-22-21(26)23-20-6-4-3-5-18(20)16-25-11-13-27-14-12-25/h3-10H,11-16H2,1-2H3,(H2,22,23,26). The zero-order chi connectivity index (χ0) is 19.1. The van der Waals surface area contributed by atoms with Crippen molar-refractivity contribution in [2.24, 2.45) is 0 Å². The summed E-state index contributed by atoms with van der Waals surface area (Å²) >= 11 is 2.01. The maximum Gasteiger partial charge on any atom is 0.319 e. The van der Waals surface area contributed by atoms with Gasteiger partial charge in [-0.15, -0.1) is 0 Å². The van der Waals surface area contributed by atoms with Crippen molar-refractivity contribution in [3.05, 3.63) is 59.7 Å². The molecule has 2 aromatic carbocycles. The van der Waals surface area contributed by atoms with E-state index in [1.54, 1.807) is 0 Å². The molecule has 0 bridgehead atoms. The number of thioether (sulfide) groups is 1. The van der Waals surface area contributed by atoms with E-state index < -0.39 is 0 Å². The van der Waals surface area contributed by atoms with E-state index in [-0.39, 0.29) is 6.03 Å². The third-order valence-corrected chi connectivity index (χ3v) is 5.61. The second kappa shape index (κ2) is 9.67. The predicted molar refractivity (Wildman–Crippen MR) is 116 cm³/mol. The highest BCUT2D eigenvalue weighted by molar-refractivity contribution is 7.99. The normalized spacial score (nSPS) is 14.6. The Morgan fingerprint density at radius 3 is 2.48 bits per heavy atom. The van der Waals surface area contributed by atoms with Crippen LogP contribution in [-0.4, -0.2) is 49.6 Å². The lowest BCUT2D eigenvalue weighted by atomic mass is 10.1. The summed E-state index contributed by atoms with van der Waals surface area (Å²) in [6.45, 7) is 3.59. The molecule has 1 aliphatic rings. The van der Waals surface area contributed by atoms with Crippen molar-refractivity contribution in [3.8, 4) is 0 Å². The van der Waals surface area contributed by atoms with E-state index in [2.05, 4.69) is 38.6 Å². The number of amides is 2. The minimum absolute atomic E-state index is 0.173. The van der Waals surface area contributed by atoms with Gasteiger partial charge < -0.3 is 15.5 Å².